The molecule has 1 atom stereocenters. The second-order valence-electron chi connectivity index (χ2n) is 5.47. The lowest BCUT2D eigenvalue weighted by Gasteiger charge is -2.17. The number of hydrogen-bond donors (Lipinski definition) is 1. The maximum Gasteiger partial charge on any atom is 0.193 e. The smallest absolute Gasteiger partial charge is 0.193 e. The van der Waals surface area contributed by atoms with Crippen LogP contribution in [-0.2, 0) is 5.41 Å². The van der Waals surface area contributed by atoms with Crippen LogP contribution in [0.4, 0.5) is 0 Å². The Morgan fingerprint density at radius 2 is 2.05 bits per heavy atom. The Hall–Kier alpha value is -1.45. The van der Waals surface area contributed by atoms with Crippen LogP contribution in [0.1, 0.15) is 36.8 Å². The summed E-state index contributed by atoms with van der Waals surface area (Å²) in [4.78, 5) is 0. The zero-order valence-corrected chi connectivity index (χ0v) is 11.6. The van der Waals surface area contributed by atoms with Gasteiger partial charge in [-0.1, -0.05) is 19.9 Å². The maximum absolute atomic E-state index is 10.3. The topological polar surface area (TPSA) is 42.6 Å². The van der Waals surface area contributed by atoms with Gasteiger partial charge >= 0.3 is 0 Å². The average Bonchev–Trinajstić information content (AvgIpc) is 2.93. The molecule has 0 radical (unpaired) electrons. The van der Waals surface area contributed by atoms with Crippen LogP contribution in [0.2, 0.25) is 5.22 Å². The van der Waals surface area contributed by atoms with Gasteiger partial charge in [-0.15, -0.1) is 0 Å². The summed E-state index contributed by atoms with van der Waals surface area (Å²) in [6.07, 6.45) is -0.811. The number of fused-ring (bicyclic) bond motifs is 1. The standard InChI is InChI=1S/C15H15ClO3/c1-15(2)8-18-11-4-3-9(7-10(11)15)14(17)12-5-6-13(16)19-12/h3-7,14,17H,8H2,1-2H3. The van der Waals surface area contributed by atoms with Crippen LogP contribution in [-0.4, -0.2) is 11.7 Å². The number of halogens is 1. The van der Waals surface area contributed by atoms with Crippen LogP contribution in [0.25, 0.3) is 0 Å². The first-order valence-corrected chi connectivity index (χ1v) is 6.56. The first-order chi connectivity index (χ1) is 8.97. The molecular formula is C15H15ClO3. The highest BCUT2D eigenvalue weighted by atomic mass is 35.5. The molecule has 0 fully saturated rings. The van der Waals surface area contributed by atoms with Gasteiger partial charge in [0.05, 0.1) is 6.61 Å². The molecule has 4 heteroatoms. The van der Waals surface area contributed by atoms with E-state index in [9.17, 15) is 5.11 Å². The molecule has 1 aromatic carbocycles. The summed E-state index contributed by atoms with van der Waals surface area (Å²) < 4.78 is 10.9. The lowest BCUT2D eigenvalue weighted by atomic mass is 9.85. The van der Waals surface area contributed by atoms with Crippen molar-refractivity contribution < 1.29 is 14.3 Å². The minimum absolute atomic E-state index is 0.0358. The lowest BCUT2D eigenvalue weighted by Crippen LogP contribution is -2.18. The van der Waals surface area contributed by atoms with Gasteiger partial charge in [-0.25, -0.2) is 0 Å². The third-order valence-corrected chi connectivity index (χ3v) is 3.70. The molecule has 0 saturated heterocycles. The molecule has 2 heterocycles. The predicted molar refractivity (Wildman–Crippen MR) is 72.7 cm³/mol. The number of hydrogen-bond acceptors (Lipinski definition) is 3. The molecule has 0 aliphatic carbocycles. The van der Waals surface area contributed by atoms with Crippen LogP contribution in [0.15, 0.2) is 34.7 Å². The molecular weight excluding hydrogens is 264 g/mol. The van der Waals surface area contributed by atoms with E-state index in [1.807, 2.05) is 18.2 Å². The van der Waals surface area contributed by atoms with Crippen molar-refractivity contribution in [3.8, 4) is 5.75 Å². The van der Waals surface area contributed by atoms with Crippen molar-refractivity contribution >= 4 is 11.6 Å². The molecule has 19 heavy (non-hydrogen) atoms. The lowest BCUT2D eigenvalue weighted by molar-refractivity contribution is 0.189. The zero-order valence-electron chi connectivity index (χ0n) is 10.8. The normalized spacial score (nSPS) is 17.9. The van der Waals surface area contributed by atoms with Crippen LogP contribution in [0.3, 0.4) is 0 Å². The summed E-state index contributed by atoms with van der Waals surface area (Å²) in [7, 11) is 0. The summed E-state index contributed by atoms with van der Waals surface area (Å²) in [6.45, 7) is 4.91. The van der Waals surface area contributed by atoms with Gasteiger partial charge < -0.3 is 14.3 Å². The van der Waals surface area contributed by atoms with Crippen molar-refractivity contribution in [2.75, 3.05) is 6.61 Å². The highest BCUT2D eigenvalue weighted by Crippen LogP contribution is 2.40. The van der Waals surface area contributed by atoms with Crippen LogP contribution >= 0.6 is 11.6 Å². The molecule has 2 aromatic rings. The fraction of sp³-hybridized carbons (Fsp3) is 0.333. The van der Waals surface area contributed by atoms with Crippen molar-refractivity contribution in [3.63, 3.8) is 0 Å². The summed E-state index contributed by atoms with van der Waals surface area (Å²) >= 11 is 5.73. The van der Waals surface area contributed by atoms with Crippen molar-refractivity contribution in [1.82, 2.24) is 0 Å². The fourth-order valence-electron chi connectivity index (χ4n) is 2.35. The Morgan fingerprint density at radius 1 is 1.26 bits per heavy atom. The minimum Gasteiger partial charge on any atom is -0.492 e. The van der Waals surface area contributed by atoms with Crippen LogP contribution in [0.5, 0.6) is 5.75 Å². The maximum atomic E-state index is 10.3. The van der Waals surface area contributed by atoms with E-state index in [2.05, 4.69) is 13.8 Å². The first kappa shape index (κ1) is 12.6. The number of aliphatic hydroxyl groups is 1. The molecule has 1 aromatic heterocycles. The summed E-state index contributed by atoms with van der Waals surface area (Å²) in [5.74, 6) is 1.33. The van der Waals surface area contributed by atoms with Gasteiger partial charge in [0, 0.05) is 11.0 Å². The first-order valence-electron chi connectivity index (χ1n) is 6.18. The number of rotatable bonds is 2. The van der Waals surface area contributed by atoms with E-state index in [4.69, 9.17) is 20.8 Å². The van der Waals surface area contributed by atoms with Crippen LogP contribution < -0.4 is 4.74 Å². The van der Waals surface area contributed by atoms with E-state index in [1.165, 1.54) is 0 Å². The minimum atomic E-state index is -0.811. The van der Waals surface area contributed by atoms with Crippen molar-refractivity contribution in [2.45, 2.75) is 25.4 Å². The van der Waals surface area contributed by atoms with E-state index in [-0.39, 0.29) is 10.6 Å². The fourth-order valence-corrected chi connectivity index (χ4v) is 2.50. The monoisotopic (exact) mass is 278 g/mol. The summed E-state index contributed by atoms with van der Waals surface area (Å²) in [6, 6.07) is 9.03. The van der Waals surface area contributed by atoms with Gasteiger partial charge in [0.15, 0.2) is 5.22 Å². The van der Waals surface area contributed by atoms with Gasteiger partial charge in [0.2, 0.25) is 0 Å². The van der Waals surface area contributed by atoms with Gasteiger partial charge in [-0.3, -0.25) is 0 Å². The van der Waals surface area contributed by atoms with E-state index < -0.39 is 6.10 Å². The van der Waals surface area contributed by atoms with Gasteiger partial charge in [-0.2, -0.15) is 0 Å². The Labute approximate surface area is 116 Å². The van der Waals surface area contributed by atoms with Gasteiger partial charge in [0.1, 0.15) is 17.6 Å². The number of aliphatic hydroxyl groups excluding tert-OH is 1. The number of ether oxygens (including phenoxy) is 1. The number of benzene rings is 1. The molecule has 0 saturated carbocycles. The molecule has 1 N–H and O–H groups in total. The molecule has 0 spiro atoms. The van der Waals surface area contributed by atoms with Crippen molar-refractivity contribution in [2.24, 2.45) is 0 Å². The molecule has 3 rings (SSSR count). The molecule has 3 nitrogen and oxygen atoms in total. The second-order valence-corrected chi connectivity index (χ2v) is 5.85. The second kappa shape index (κ2) is 4.29. The molecule has 0 bridgehead atoms. The van der Waals surface area contributed by atoms with Gasteiger partial charge in [-0.05, 0) is 41.4 Å². The molecule has 0 amide bonds. The van der Waals surface area contributed by atoms with Crippen molar-refractivity contribution in [1.29, 1.82) is 0 Å². The summed E-state index contributed by atoms with van der Waals surface area (Å²) in [5, 5.41) is 10.6. The van der Waals surface area contributed by atoms with E-state index in [0.29, 0.717) is 12.4 Å². The van der Waals surface area contributed by atoms with Crippen molar-refractivity contribution in [3.05, 3.63) is 52.4 Å². The SMILES string of the molecule is CC1(C)COc2ccc(C(O)c3ccc(Cl)o3)cc21. The quantitative estimate of drug-likeness (QED) is 0.911. The highest BCUT2D eigenvalue weighted by molar-refractivity contribution is 6.28. The zero-order chi connectivity index (χ0) is 13.6. The van der Waals surface area contributed by atoms with E-state index in [0.717, 1.165) is 16.9 Å². The molecule has 1 aliphatic heterocycles. The molecule has 1 aliphatic rings. The Bertz CT molecular complexity index is 616. The largest absolute Gasteiger partial charge is 0.492 e. The molecule has 1 unspecified atom stereocenters. The summed E-state index contributed by atoms with van der Waals surface area (Å²) in [5.41, 5.74) is 1.86. The highest BCUT2D eigenvalue weighted by Gasteiger charge is 2.32. The third-order valence-electron chi connectivity index (χ3n) is 3.50. The third kappa shape index (κ3) is 2.13. The Balaban J connectivity index is 1.99. The Kier molecular flexibility index (Phi) is 2.84. The van der Waals surface area contributed by atoms with E-state index in [1.54, 1.807) is 12.1 Å². The van der Waals surface area contributed by atoms with Gasteiger partial charge in [0.25, 0.3) is 0 Å². The predicted octanol–water partition coefficient (Wildman–Crippen LogP) is 3.68. The average molecular weight is 279 g/mol. The number of furan rings is 1. The van der Waals surface area contributed by atoms with E-state index >= 15 is 0 Å². The molecule has 100 valence electrons. The Morgan fingerprint density at radius 3 is 2.74 bits per heavy atom. The van der Waals surface area contributed by atoms with Crippen LogP contribution in [0, 0.1) is 0 Å².